The quantitative estimate of drug-likeness (QED) is 0.772. The summed E-state index contributed by atoms with van der Waals surface area (Å²) in [6.45, 7) is 10.9. The van der Waals surface area contributed by atoms with E-state index in [2.05, 4.69) is 51.2 Å². The van der Waals surface area contributed by atoms with Gasteiger partial charge in [0.2, 0.25) is 0 Å². The summed E-state index contributed by atoms with van der Waals surface area (Å²) in [4.78, 5) is 0. The van der Waals surface area contributed by atoms with Crippen LogP contribution < -0.4 is 5.32 Å². The van der Waals surface area contributed by atoms with Crippen molar-refractivity contribution < 1.29 is 4.42 Å². The van der Waals surface area contributed by atoms with E-state index in [4.69, 9.17) is 4.42 Å². The molecule has 1 N–H and O–H groups in total. The summed E-state index contributed by atoms with van der Waals surface area (Å²) >= 11 is 0. The second kappa shape index (κ2) is 5.49. The Hall–Kier alpha value is -1.28. The van der Waals surface area contributed by atoms with Gasteiger partial charge in [-0.15, -0.1) is 0 Å². The molecule has 1 aliphatic carbocycles. The van der Waals surface area contributed by atoms with Gasteiger partial charge in [0.15, 0.2) is 0 Å². The average molecular weight is 285 g/mol. The first kappa shape index (κ1) is 14.6. The lowest BCUT2D eigenvalue weighted by Gasteiger charge is -2.18. The molecule has 0 amide bonds. The van der Waals surface area contributed by atoms with Crippen molar-refractivity contribution >= 4 is 11.0 Å². The van der Waals surface area contributed by atoms with Crippen LogP contribution in [0, 0.1) is 0 Å². The predicted molar refractivity (Wildman–Crippen MR) is 88.9 cm³/mol. The first-order valence-corrected chi connectivity index (χ1v) is 8.27. The van der Waals surface area contributed by atoms with E-state index in [1.54, 1.807) is 0 Å². The van der Waals surface area contributed by atoms with Gasteiger partial charge in [-0.3, -0.25) is 0 Å². The number of benzene rings is 1. The smallest absolute Gasteiger partial charge is 0.134 e. The van der Waals surface area contributed by atoms with E-state index in [0.29, 0.717) is 0 Å². The van der Waals surface area contributed by atoms with Crippen LogP contribution in [-0.2, 0) is 12.0 Å². The van der Waals surface area contributed by atoms with Crippen molar-refractivity contribution in [3.05, 3.63) is 35.1 Å². The Morgan fingerprint density at radius 3 is 2.62 bits per heavy atom. The number of fused-ring (bicyclic) bond motifs is 1. The summed E-state index contributed by atoms with van der Waals surface area (Å²) in [5.41, 5.74) is 4.11. The van der Waals surface area contributed by atoms with E-state index >= 15 is 0 Å². The SMILES string of the molecule is CCCNCc1oc2ccc(C(C)(C)C)cc2c1C1CC1. The molecule has 1 fully saturated rings. The van der Waals surface area contributed by atoms with Gasteiger partial charge in [0.25, 0.3) is 0 Å². The summed E-state index contributed by atoms with van der Waals surface area (Å²) in [6, 6.07) is 6.73. The molecular weight excluding hydrogens is 258 g/mol. The van der Waals surface area contributed by atoms with Crippen molar-refractivity contribution in [3.63, 3.8) is 0 Å². The van der Waals surface area contributed by atoms with Crippen molar-refractivity contribution in [2.75, 3.05) is 6.54 Å². The number of hydrogen-bond donors (Lipinski definition) is 1. The van der Waals surface area contributed by atoms with Crippen molar-refractivity contribution in [1.29, 1.82) is 0 Å². The van der Waals surface area contributed by atoms with Crippen LogP contribution in [0.1, 0.15) is 69.8 Å². The molecule has 0 spiro atoms. The molecular formula is C19H27NO. The van der Waals surface area contributed by atoms with Gasteiger partial charge in [-0.2, -0.15) is 0 Å². The van der Waals surface area contributed by atoms with Crippen molar-refractivity contribution in [1.82, 2.24) is 5.32 Å². The molecule has 0 bridgehead atoms. The molecule has 0 saturated heterocycles. The zero-order chi connectivity index (χ0) is 15.0. The van der Waals surface area contributed by atoms with Crippen LogP contribution in [0.3, 0.4) is 0 Å². The van der Waals surface area contributed by atoms with Crippen LogP contribution in [0.5, 0.6) is 0 Å². The minimum absolute atomic E-state index is 0.187. The Balaban J connectivity index is 2.02. The van der Waals surface area contributed by atoms with E-state index < -0.39 is 0 Å². The molecule has 0 atom stereocenters. The molecule has 0 aliphatic heterocycles. The van der Waals surface area contributed by atoms with E-state index in [-0.39, 0.29) is 5.41 Å². The lowest BCUT2D eigenvalue weighted by Crippen LogP contribution is -2.14. The molecule has 2 nitrogen and oxygen atoms in total. The lowest BCUT2D eigenvalue weighted by molar-refractivity contribution is 0.507. The molecule has 1 saturated carbocycles. The second-order valence-electron chi connectivity index (χ2n) is 7.35. The minimum Gasteiger partial charge on any atom is -0.459 e. The Labute approximate surface area is 127 Å². The van der Waals surface area contributed by atoms with Gasteiger partial charge in [-0.05, 0) is 54.8 Å². The highest BCUT2D eigenvalue weighted by Crippen LogP contribution is 2.46. The average Bonchev–Trinajstić information content (AvgIpc) is 3.19. The third-order valence-corrected chi connectivity index (χ3v) is 4.37. The molecule has 1 aromatic heterocycles. The topological polar surface area (TPSA) is 25.2 Å². The van der Waals surface area contributed by atoms with Gasteiger partial charge in [-0.25, -0.2) is 0 Å². The summed E-state index contributed by atoms with van der Waals surface area (Å²) < 4.78 is 6.15. The molecule has 0 radical (unpaired) electrons. The fourth-order valence-electron chi connectivity index (χ4n) is 2.96. The summed E-state index contributed by atoms with van der Waals surface area (Å²) in [5, 5.41) is 4.83. The molecule has 21 heavy (non-hydrogen) atoms. The van der Waals surface area contributed by atoms with Gasteiger partial charge in [0, 0.05) is 10.9 Å². The van der Waals surface area contributed by atoms with E-state index in [1.165, 1.54) is 29.4 Å². The maximum absolute atomic E-state index is 6.15. The largest absolute Gasteiger partial charge is 0.459 e. The number of furan rings is 1. The number of nitrogens with one attached hydrogen (secondary N) is 1. The monoisotopic (exact) mass is 285 g/mol. The van der Waals surface area contributed by atoms with Gasteiger partial charge in [0.1, 0.15) is 11.3 Å². The van der Waals surface area contributed by atoms with Crippen molar-refractivity contribution in [2.24, 2.45) is 0 Å². The van der Waals surface area contributed by atoms with Crippen LogP contribution in [0.25, 0.3) is 11.0 Å². The van der Waals surface area contributed by atoms with Crippen LogP contribution in [0.4, 0.5) is 0 Å². The summed E-state index contributed by atoms with van der Waals surface area (Å²) in [7, 11) is 0. The van der Waals surface area contributed by atoms with E-state index in [1.807, 2.05) is 0 Å². The molecule has 1 aromatic carbocycles. The molecule has 3 rings (SSSR count). The summed E-state index contributed by atoms with van der Waals surface area (Å²) in [5.74, 6) is 1.88. The van der Waals surface area contributed by atoms with Crippen LogP contribution in [-0.4, -0.2) is 6.54 Å². The van der Waals surface area contributed by atoms with Gasteiger partial charge >= 0.3 is 0 Å². The molecule has 114 valence electrons. The Bertz CT molecular complexity index is 629. The van der Waals surface area contributed by atoms with Crippen molar-refractivity contribution in [2.45, 2.75) is 64.8 Å². The lowest BCUT2D eigenvalue weighted by atomic mass is 9.86. The third kappa shape index (κ3) is 3.01. The third-order valence-electron chi connectivity index (χ3n) is 4.37. The predicted octanol–water partition coefficient (Wildman–Crippen LogP) is 5.11. The summed E-state index contributed by atoms with van der Waals surface area (Å²) in [6.07, 6.45) is 3.79. The zero-order valence-corrected chi connectivity index (χ0v) is 13.8. The Morgan fingerprint density at radius 2 is 2.00 bits per heavy atom. The first-order chi connectivity index (χ1) is 10.0. The number of rotatable bonds is 5. The van der Waals surface area contributed by atoms with Gasteiger partial charge in [0.05, 0.1) is 6.54 Å². The van der Waals surface area contributed by atoms with Crippen molar-refractivity contribution in [3.8, 4) is 0 Å². The van der Waals surface area contributed by atoms with Gasteiger partial charge in [-0.1, -0.05) is 33.8 Å². The molecule has 1 heterocycles. The highest BCUT2D eigenvalue weighted by molar-refractivity contribution is 5.84. The highest BCUT2D eigenvalue weighted by atomic mass is 16.3. The van der Waals surface area contributed by atoms with Crippen LogP contribution in [0.2, 0.25) is 0 Å². The van der Waals surface area contributed by atoms with Crippen LogP contribution in [0.15, 0.2) is 22.6 Å². The van der Waals surface area contributed by atoms with E-state index in [0.717, 1.165) is 36.8 Å². The maximum atomic E-state index is 6.15. The molecule has 0 unspecified atom stereocenters. The fraction of sp³-hybridized carbons (Fsp3) is 0.579. The standard InChI is InChI=1S/C19H27NO/c1-5-10-20-12-17-18(13-6-7-13)15-11-14(19(2,3)4)8-9-16(15)21-17/h8-9,11,13,20H,5-7,10,12H2,1-4H3. The highest BCUT2D eigenvalue weighted by Gasteiger charge is 2.31. The zero-order valence-electron chi connectivity index (χ0n) is 13.8. The molecule has 1 aliphatic rings. The molecule has 2 aromatic rings. The first-order valence-electron chi connectivity index (χ1n) is 8.27. The van der Waals surface area contributed by atoms with Crippen LogP contribution >= 0.6 is 0 Å². The number of hydrogen-bond acceptors (Lipinski definition) is 2. The Morgan fingerprint density at radius 1 is 1.24 bits per heavy atom. The molecule has 2 heteroatoms. The Kier molecular flexibility index (Phi) is 3.83. The normalized spacial score (nSPS) is 15.8. The second-order valence-corrected chi connectivity index (χ2v) is 7.35. The maximum Gasteiger partial charge on any atom is 0.134 e. The van der Waals surface area contributed by atoms with E-state index in [9.17, 15) is 0 Å². The van der Waals surface area contributed by atoms with Gasteiger partial charge < -0.3 is 9.73 Å². The minimum atomic E-state index is 0.187. The fourth-order valence-corrected chi connectivity index (χ4v) is 2.96.